The van der Waals surface area contributed by atoms with Crippen molar-refractivity contribution in [3.8, 4) is 0 Å². The van der Waals surface area contributed by atoms with E-state index in [2.05, 4.69) is 0 Å². The number of hydrogen-bond acceptors (Lipinski definition) is 3. The molecule has 1 aliphatic heterocycles. The fourth-order valence-corrected chi connectivity index (χ4v) is 2.50. The first-order valence-corrected chi connectivity index (χ1v) is 6.41. The van der Waals surface area contributed by atoms with Gasteiger partial charge >= 0.3 is 0 Å². The lowest BCUT2D eigenvalue weighted by Crippen LogP contribution is -2.35. The van der Waals surface area contributed by atoms with Crippen LogP contribution in [-0.4, -0.2) is 37.0 Å². The molecule has 0 spiro atoms. The first-order chi connectivity index (χ1) is 4.96. The minimum atomic E-state index is -2.38. The quantitative estimate of drug-likeness (QED) is 0.612. The van der Waals surface area contributed by atoms with Gasteiger partial charge in [-0.3, -0.25) is 0 Å². The van der Waals surface area contributed by atoms with E-state index < -0.39 is 12.5 Å². The van der Waals surface area contributed by atoms with Crippen LogP contribution in [0.4, 0.5) is 0 Å². The van der Waals surface area contributed by atoms with E-state index >= 15 is 0 Å². The van der Waals surface area contributed by atoms with Gasteiger partial charge in [-0.05, 0) is 13.3 Å². The summed E-state index contributed by atoms with van der Waals surface area (Å²) in [5.74, 6) is 0. The Morgan fingerprint density at radius 1 is 1.36 bits per heavy atom. The highest BCUT2D eigenvalue weighted by Gasteiger charge is 2.40. The van der Waals surface area contributed by atoms with Gasteiger partial charge < -0.3 is 14.4 Å². The Morgan fingerprint density at radius 3 is 2.09 bits per heavy atom. The highest BCUT2D eigenvalue weighted by Crippen LogP contribution is 2.54. The van der Waals surface area contributed by atoms with Gasteiger partial charge in [0.1, 0.15) is 12.5 Å². The number of ether oxygens (including phenoxy) is 1. The Labute approximate surface area is 67.1 Å². The Bertz CT molecular complexity index is 178. The van der Waals surface area contributed by atoms with E-state index in [9.17, 15) is 9.67 Å². The maximum atomic E-state index is 11.6. The van der Waals surface area contributed by atoms with Crippen molar-refractivity contribution in [2.45, 2.75) is 18.2 Å². The van der Waals surface area contributed by atoms with Crippen LogP contribution in [0.25, 0.3) is 0 Å². The van der Waals surface area contributed by atoms with Crippen LogP contribution in [0.2, 0.25) is 0 Å². The van der Waals surface area contributed by atoms with E-state index in [0.29, 0.717) is 26.1 Å². The van der Waals surface area contributed by atoms with E-state index in [1.54, 1.807) is 13.3 Å². The molecule has 3 nitrogen and oxygen atoms in total. The van der Waals surface area contributed by atoms with Gasteiger partial charge in [-0.1, -0.05) is 0 Å². The molecule has 0 atom stereocenters. The van der Waals surface area contributed by atoms with Crippen LogP contribution in [0.5, 0.6) is 0 Å². The molecule has 0 saturated carbocycles. The number of aliphatic hydroxyl groups is 1. The summed E-state index contributed by atoms with van der Waals surface area (Å²) in [6.45, 7) is 4.33. The van der Waals surface area contributed by atoms with Crippen LogP contribution >= 0.6 is 7.14 Å². The van der Waals surface area contributed by atoms with Crippen LogP contribution in [0.3, 0.4) is 0 Å². The molecule has 0 unspecified atom stereocenters. The van der Waals surface area contributed by atoms with Crippen LogP contribution in [0, 0.1) is 0 Å². The topological polar surface area (TPSA) is 46.5 Å². The Hall–Kier alpha value is 0.150. The predicted molar refractivity (Wildman–Crippen MR) is 44.5 cm³/mol. The molecule has 0 aromatic rings. The van der Waals surface area contributed by atoms with Gasteiger partial charge in [0.05, 0.1) is 0 Å². The smallest absolute Gasteiger partial charge is 0.121 e. The maximum absolute atomic E-state index is 11.6. The van der Waals surface area contributed by atoms with Gasteiger partial charge in [-0.15, -0.1) is 0 Å². The second-order valence-corrected chi connectivity index (χ2v) is 6.98. The standard InChI is InChI=1S/C7H15O3P/c1-11(2,9)7(8)3-5-10-6-4-7/h8H,3-6H2,1-2H3. The van der Waals surface area contributed by atoms with Crippen molar-refractivity contribution in [2.75, 3.05) is 26.5 Å². The largest absolute Gasteiger partial charge is 0.382 e. The number of hydrogen-bond donors (Lipinski definition) is 1. The molecule has 0 bridgehead atoms. The molecule has 0 aromatic heterocycles. The molecule has 0 amide bonds. The van der Waals surface area contributed by atoms with Gasteiger partial charge in [0.25, 0.3) is 0 Å². The molecule has 1 rings (SSSR count). The average molecular weight is 178 g/mol. The lowest BCUT2D eigenvalue weighted by molar-refractivity contribution is -0.0128. The molecule has 1 heterocycles. The van der Waals surface area contributed by atoms with Crippen LogP contribution in [0.15, 0.2) is 0 Å². The normalized spacial score (nSPS) is 25.0. The monoisotopic (exact) mass is 178 g/mol. The second-order valence-electron chi connectivity index (χ2n) is 3.45. The second kappa shape index (κ2) is 2.89. The van der Waals surface area contributed by atoms with E-state index in [0.717, 1.165) is 0 Å². The molecule has 1 N–H and O–H groups in total. The minimum Gasteiger partial charge on any atom is -0.382 e. The van der Waals surface area contributed by atoms with Crippen molar-refractivity contribution in [3.63, 3.8) is 0 Å². The predicted octanol–water partition coefficient (Wildman–Crippen LogP) is 1.11. The van der Waals surface area contributed by atoms with Gasteiger partial charge in [-0.25, -0.2) is 0 Å². The van der Waals surface area contributed by atoms with Crippen molar-refractivity contribution in [1.29, 1.82) is 0 Å². The molecule has 0 aliphatic carbocycles. The molecule has 11 heavy (non-hydrogen) atoms. The lowest BCUT2D eigenvalue weighted by atomic mass is 10.1. The summed E-state index contributed by atoms with van der Waals surface area (Å²) in [5.41, 5.74) is 0. The van der Waals surface area contributed by atoms with E-state index in [1.165, 1.54) is 0 Å². The van der Waals surface area contributed by atoms with Gasteiger partial charge in [0.2, 0.25) is 0 Å². The van der Waals surface area contributed by atoms with Crippen molar-refractivity contribution in [2.24, 2.45) is 0 Å². The van der Waals surface area contributed by atoms with Gasteiger partial charge in [0, 0.05) is 26.1 Å². The molecule has 1 aliphatic rings. The zero-order chi connectivity index (χ0) is 8.54. The molecule has 0 radical (unpaired) electrons. The maximum Gasteiger partial charge on any atom is 0.121 e. The van der Waals surface area contributed by atoms with Crippen molar-refractivity contribution in [3.05, 3.63) is 0 Å². The Morgan fingerprint density at radius 2 is 1.82 bits per heavy atom. The zero-order valence-corrected chi connectivity index (χ0v) is 7.93. The highest BCUT2D eigenvalue weighted by molar-refractivity contribution is 7.63. The first-order valence-electron chi connectivity index (χ1n) is 3.81. The van der Waals surface area contributed by atoms with Crippen molar-refractivity contribution >= 4 is 7.14 Å². The molecule has 66 valence electrons. The summed E-state index contributed by atoms with van der Waals surface area (Å²) in [4.78, 5) is 0. The van der Waals surface area contributed by atoms with E-state index in [4.69, 9.17) is 4.74 Å². The summed E-state index contributed by atoms with van der Waals surface area (Å²) < 4.78 is 16.7. The van der Waals surface area contributed by atoms with Crippen molar-refractivity contribution in [1.82, 2.24) is 0 Å². The van der Waals surface area contributed by atoms with Crippen LogP contribution < -0.4 is 0 Å². The third kappa shape index (κ3) is 1.84. The van der Waals surface area contributed by atoms with Gasteiger partial charge in [0.15, 0.2) is 0 Å². The Balaban J connectivity index is 2.72. The van der Waals surface area contributed by atoms with E-state index in [-0.39, 0.29) is 0 Å². The molecule has 4 heteroatoms. The van der Waals surface area contributed by atoms with E-state index in [1.807, 2.05) is 0 Å². The molecule has 0 aromatic carbocycles. The summed E-state index contributed by atoms with van der Waals surface area (Å²) in [5, 5.41) is 8.91. The highest BCUT2D eigenvalue weighted by atomic mass is 31.2. The molecular formula is C7H15O3P. The molecule has 1 saturated heterocycles. The fraction of sp³-hybridized carbons (Fsp3) is 1.00. The van der Waals surface area contributed by atoms with Crippen LogP contribution in [-0.2, 0) is 9.30 Å². The van der Waals surface area contributed by atoms with Gasteiger partial charge in [-0.2, -0.15) is 0 Å². The Kier molecular flexibility index (Phi) is 2.43. The summed E-state index contributed by atoms with van der Waals surface area (Å²) in [6.07, 6.45) is 1.02. The summed E-state index contributed by atoms with van der Waals surface area (Å²) in [7, 11) is -2.38. The third-order valence-corrected chi connectivity index (χ3v) is 4.75. The minimum absolute atomic E-state index is 0.511. The van der Waals surface area contributed by atoms with Crippen molar-refractivity contribution < 1.29 is 14.4 Å². The number of rotatable bonds is 1. The molecular weight excluding hydrogens is 163 g/mol. The lowest BCUT2D eigenvalue weighted by Gasteiger charge is -2.35. The SMILES string of the molecule is CP(C)(=O)C1(O)CCOCC1. The molecule has 1 fully saturated rings. The zero-order valence-electron chi connectivity index (χ0n) is 7.04. The average Bonchev–Trinajstić information content (AvgIpc) is 1.87. The van der Waals surface area contributed by atoms with Crippen LogP contribution in [0.1, 0.15) is 12.8 Å². The fourth-order valence-electron chi connectivity index (χ4n) is 1.24. The summed E-state index contributed by atoms with van der Waals surface area (Å²) in [6, 6.07) is 0. The third-order valence-electron chi connectivity index (χ3n) is 2.30. The summed E-state index contributed by atoms with van der Waals surface area (Å²) >= 11 is 0. The first kappa shape index (κ1) is 9.24.